The molecular formula is C36H44F2N6O2. The third-order valence-electron chi connectivity index (χ3n) is 10.7. The summed E-state index contributed by atoms with van der Waals surface area (Å²) in [5, 5.41) is 11.7. The van der Waals surface area contributed by atoms with Crippen molar-refractivity contribution in [2.24, 2.45) is 17.8 Å². The van der Waals surface area contributed by atoms with Crippen molar-refractivity contribution in [3.8, 4) is 6.07 Å². The maximum Gasteiger partial charge on any atom is 0.407 e. The van der Waals surface area contributed by atoms with Crippen molar-refractivity contribution < 1.29 is 18.3 Å². The number of alkyl carbamates (subject to hydrolysis) is 1. The monoisotopic (exact) mass is 630 g/mol. The Morgan fingerprint density at radius 2 is 1.80 bits per heavy atom. The lowest BCUT2D eigenvalue weighted by molar-refractivity contribution is 0.00147. The van der Waals surface area contributed by atoms with Crippen LogP contribution in [0.1, 0.15) is 56.0 Å². The van der Waals surface area contributed by atoms with Gasteiger partial charge >= 0.3 is 6.09 Å². The number of nitrogens with zero attached hydrogens (tertiary/aromatic N) is 5. The maximum atomic E-state index is 15.1. The number of ether oxygens (including phenoxy) is 1. The topological polar surface area (TPSA) is 86.4 Å². The average molecular weight is 631 g/mol. The highest BCUT2D eigenvalue weighted by Gasteiger charge is 2.53. The molecule has 1 saturated carbocycles. The zero-order valence-electron chi connectivity index (χ0n) is 26.8. The van der Waals surface area contributed by atoms with Gasteiger partial charge in [-0.1, -0.05) is 6.92 Å². The molecule has 0 bridgehead atoms. The van der Waals surface area contributed by atoms with E-state index in [1.165, 1.54) is 12.1 Å². The van der Waals surface area contributed by atoms with Crippen molar-refractivity contribution in [2.75, 3.05) is 44.7 Å². The van der Waals surface area contributed by atoms with E-state index in [4.69, 9.17) is 10.00 Å². The molecule has 2 aliphatic heterocycles. The number of aromatic nitrogens is 2. The molecule has 2 aromatic carbocycles. The molecular weight excluding hydrogens is 586 g/mol. The Bertz CT molecular complexity index is 1520. The van der Waals surface area contributed by atoms with Crippen molar-refractivity contribution in [3.63, 3.8) is 0 Å². The molecule has 10 heteroatoms. The fourth-order valence-electron chi connectivity index (χ4n) is 8.48. The van der Waals surface area contributed by atoms with Crippen LogP contribution >= 0.6 is 0 Å². The van der Waals surface area contributed by atoms with Gasteiger partial charge < -0.3 is 24.4 Å². The number of piperidine rings is 1. The molecule has 1 aliphatic carbocycles. The standard InChI is InChI=1S/C36H44F2N6O2/c1-3-34-41-13-16-43(34)24-36(28-17-29(37)19-30(38)18-28,32-5-4-6-33(32)46-35(45)40-2)27-11-14-42(15-12-27)21-26-22-44(23-26)31-9-7-25(20-39)8-10-31/h7-10,13,16-19,26-27,32-33H,3-6,11-12,14-15,21-24H2,1-2H3,(H,40,45)/t32-,33-,36?/m1/s1. The van der Waals surface area contributed by atoms with E-state index in [0.717, 1.165) is 88.8 Å². The molecule has 3 aliphatic rings. The van der Waals surface area contributed by atoms with E-state index < -0.39 is 23.1 Å². The Morgan fingerprint density at radius 3 is 2.46 bits per heavy atom. The summed E-state index contributed by atoms with van der Waals surface area (Å²) in [5.74, 6) is 0.327. The van der Waals surface area contributed by atoms with Crippen molar-refractivity contribution in [3.05, 3.63) is 83.4 Å². The van der Waals surface area contributed by atoms with Crippen LogP contribution < -0.4 is 10.2 Å². The van der Waals surface area contributed by atoms with Crippen LogP contribution in [0.3, 0.4) is 0 Å². The van der Waals surface area contributed by atoms with Gasteiger partial charge in [-0.25, -0.2) is 18.6 Å². The van der Waals surface area contributed by atoms with Gasteiger partial charge in [-0.3, -0.25) is 0 Å². The molecule has 6 rings (SSSR count). The van der Waals surface area contributed by atoms with E-state index in [-0.39, 0.29) is 17.9 Å². The van der Waals surface area contributed by atoms with Crippen molar-refractivity contribution >= 4 is 11.8 Å². The number of rotatable bonds is 10. The van der Waals surface area contributed by atoms with Crippen LogP contribution in [-0.4, -0.2) is 66.4 Å². The number of nitrogens with one attached hydrogen (secondary N) is 1. The Hall–Kier alpha value is -3.97. The highest BCUT2D eigenvalue weighted by molar-refractivity contribution is 5.67. The number of likely N-dealkylation sites (tertiary alicyclic amines) is 1. The summed E-state index contributed by atoms with van der Waals surface area (Å²) in [4.78, 5) is 22.0. The molecule has 8 nitrogen and oxygen atoms in total. The van der Waals surface area contributed by atoms with E-state index in [0.29, 0.717) is 23.6 Å². The van der Waals surface area contributed by atoms with Gasteiger partial charge in [-0.05, 0) is 93.1 Å². The van der Waals surface area contributed by atoms with Gasteiger partial charge in [0.1, 0.15) is 23.6 Å². The quantitative estimate of drug-likeness (QED) is 0.300. The van der Waals surface area contributed by atoms with Gasteiger partial charge in [0.2, 0.25) is 0 Å². The number of carbonyl (C=O) groups is 1. The molecule has 3 atom stereocenters. The third kappa shape index (κ3) is 6.48. The molecule has 2 saturated heterocycles. The fourth-order valence-corrected chi connectivity index (χ4v) is 8.48. The van der Waals surface area contributed by atoms with Gasteiger partial charge in [0.25, 0.3) is 0 Å². The molecule has 0 radical (unpaired) electrons. The molecule has 1 unspecified atom stereocenters. The van der Waals surface area contributed by atoms with E-state index in [1.54, 1.807) is 13.2 Å². The second-order valence-corrected chi connectivity index (χ2v) is 13.3. The molecule has 3 aromatic rings. The number of hydrogen-bond acceptors (Lipinski definition) is 6. The highest BCUT2D eigenvalue weighted by atomic mass is 19.1. The fraction of sp³-hybridized carbons (Fsp3) is 0.528. The normalized spacial score (nSPS) is 22.2. The number of nitriles is 1. The Kier molecular flexibility index (Phi) is 9.60. The SMILES string of the molecule is CCc1nccn1CC(c1cc(F)cc(F)c1)(C1CCN(CC2CN(c3ccc(C#N)cc3)C2)CC1)[C@@H]1CCC[C@H]1OC(=O)NC. The van der Waals surface area contributed by atoms with Crippen LogP contribution in [0.15, 0.2) is 54.9 Å². The number of halogens is 2. The van der Waals surface area contributed by atoms with E-state index in [9.17, 15) is 4.79 Å². The largest absolute Gasteiger partial charge is 0.446 e. The first-order valence-electron chi connectivity index (χ1n) is 16.6. The zero-order chi connectivity index (χ0) is 32.3. The van der Waals surface area contributed by atoms with Crippen molar-refractivity contribution in [1.82, 2.24) is 19.8 Å². The van der Waals surface area contributed by atoms with Crippen molar-refractivity contribution in [2.45, 2.75) is 63.5 Å². The molecule has 0 spiro atoms. The third-order valence-corrected chi connectivity index (χ3v) is 10.7. The van der Waals surface area contributed by atoms with E-state index in [2.05, 4.69) is 37.7 Å². The second-order valence-electron chi connectivity index (χ2n) is 13.3. The molecule has 1 N–H and O–H groups in total. The summed E-state index contributed by atoms with van der Waals surface area (Å²) >= 11 is 0. The first kappa shape index (κ1) is 32.0. The second kappa shape index (κ2) is 13.8. The molecule has 3 heterocycles. The van der Waals surface area contributed by atoms with Gasteiger partial charge in [-0.15, -0.1) is 0 Å². The summed E-state index contributed by atoms with van der Waals surface area (Å²) in [5.41, 5.74) is 1.80. The lowest BCUT2D eigenvalue weighted by atomic mass is 9.58. The first-order chi connectivity index (χ1) is 22.3. The molecule has 1 aromatic heterocycles. The van der Waals surface area contributed by atoms with Crippen LogP contribution in [0.4, 0.5) is 19.3 Å². The lowest BCUT2D eigenvalue weighted by Crippen LogP contribution is -2.55. The van der Waals surface area contributed by atoms with Crippen LogP contribution in [-0.2, 0) is 23.1 Å². The Morgan fingerprint density at radius 1 is 1.09 bits per heavy atom. The summed E-state index contributed by atoms with van der Waals surface area (Å²) in [7, 11) is 1.56. The Balaban J connectivity index is 1.26. The number of aryl methyl sites for hydroxylation is 1. The summed E-state index contributed by atoms with van der Waals surface area (Å²) in [6, 6.07) is 13.9. The van der Waals surface area contributed by atoms with Crippen LogP contribution in [0.5, 0.6) is 0 Å². The molecule has 1 amide bonds. The van der Waals surface area contributed by atoms with Gasteiger partial charge in [-0.2, -0.15) is 5.26 Å². The zero-order valence-corrected chi connectivity index (χ0v) is 26.8. The minimum Gasteiger partial charge on any atom is -0.446 e. The predicted octanol–water partition coefficient (Wildman–Crippen LogP) is 5.91. The van der Waals surface area contributed by atoms with Crippen LogP contribution in [0, 0.1) is 40.7 Å². The number of imidazole rings is 1. The summed E-state index contributed by atoms with van der Waals surface area (Å²) in [6.45, 7) is 7.36. The Labute approximate surface area is 270 Å². The van der Waals surface area contributed by atoms with Gasteiger partial charge in [0.15, 0.2) is 0 Å². The number of carbonyl (C=O) groups excluding carboxylic acids is 1. The molecule has 244 valence electrons. The summed E-state index contributed by atoms with van der Waals surface area (Å²) < 4.78 is 38.3. The molecule has 3 fully saturated rings. The summed E-state index contributed by atoms with van der Waals surface area (Å²) in [6.07, 6.45) is 7.84. The smallest absolute Gasteiger partial charge is 0.407 e. The van der Waals surface area contributed by atoms with Gasteiger partial charge in [0.05, 0.1) is 11.6 Å². The number of hydrogen-bond donors (Lipinski definition) is 1. The lowest BCUT2D eigenvalue weighted by Gasteiger charge is -2.51. The first-order valence-corrected chi connectivity index (χ1v) is 16.6. The average Bonchev–Trinajstić information content (AvgIpc) is 3.70. The minimum atomic E-state index is -0.669. The van der Waals surface area contributed by atoms with Crippen molar-refractivity contribution in [1.29, 1.82) is 5.26 Å². The van der Waals surface area contributed by atoms with Gasteiger partial charge in [0, 0.05) is 81.0 Å². The molecule has 46 heavy (non-hydrogen) atoms. The van der Waals surface area contributed by atoms with Crippen LogP contribution in [0.2, 0.25) is 0 Å². The van der Waals surface area contributed by atoms with E-state index >= 15 is 8.78 Å². The predicted molar refractivity (Wildman–Crippen MR) is 172 cm³/mol. The number of anilines is 1. The number of benzene rings is 2. The van der Waals surface area contributed by atoms with Crippen LogP contribution in [0.25, 0.3) is 0 Å². The number of amides is 1. The maximum absolute atomic E-state index is 15.1. The van der Waals surface area contributed by atoms with E-state index in [1.807, 2.05) is 30.5 Å². The highest BCUT2D eigenvalue weighted by Crippen LogP contribution is 2.52. The minimum absolute atomic E-state index is 0.109.